The molecule has 5 nitrogen and oxygen atoms in total. The SMILES string of the molecule is CCc1nn(C)cc1NC(C)c1nccn1C. The zero-order chi connectivity index (χ0) is 12.4. The van der Waals surface area contributed by atoms with Gasteiger partial charge in [0.15, 0.2) is 0 Å². The van der Waals surface area contributed by atoms with E-state index in [0.717, 1.165) is 23.6 Å². The number of hydrogen-bond donors (Lipinski definition) is 1. The van der Waals surface area contributed by atoms with E-state index in [0.29, 0.717) is 0 Å². The maximum Gasteiger partial charge on any atom is 0.130 e. The first kappa shape index (κ1) is 11.7. The number of hydrogen-bond acceptors (Lipinski definition) is 3. The lowest BCUT2D eigenvalue weighted by molar-refractivity contribution is 0.720. The lowest BCUT2D eigenvalue weighted by Crippen LogP contribution is -2.12. The Bertz CT molecular complexity index is 497. The third kappa shape index (κ3) is 2.33. The molecule has 17 heavy (non-hydrogen) atoms. The number of nitrogens with one attached hydrogen (secondary N) is 1. The van der Waals surface area contributed by atoms with Crippen LogP contribution in [-0.4, -0.2) is 19.3 Å². The van der Waals surface area contributed by atoms with Crippen LogP contribution in [0.4, 0.5) is 5.69 Å². The molecule has 0 fully saturated rings. The predicted octanol–water partition coefficient (Wildman–Crippen LogP) is 1.89. The number of anilines is 1. The van der Waals surface area contributed by atoms with Gasteiger partial charge in [-0.25, -0.2) is 4.98 Å². The van der Waals surface area contributed by atoms with Gasteiger partial charge in [-0.1, -0.05) is 6.92 Å². The van der Waals surface area contributed by atoms with Crippen LogP contribution in [0.25, 0.3) is 0 Å². The van der Waals surface area contributed by atoms with Crippen LogP contribution in [0.1, 0.15) is 31.4 Å². The summed E-state index contributed by atoms with van der Waals surface area (Å²) in [6.07, 6.45) is 6.71. The molecule has 1 atom stereocenters. The highest BCUT2D eigenvalue weighted by Gasteiger charge is 2.13. The van der Waals surface area contributed by atoms with Gasteiger partial charge >= 0.3 is 0 Å². The fraction of sp³-hybridized carbons (Fsp3) is 0.500. The van der Waals surface area contributed by atoms with Crippen LogP contribution < -0.4 is 5.32 Å². The summed E-state index contributed by atoms with van der Waals surface area (Å²) in [5.74, 6) is 1.02. The maximum atomic E-state index is 4.41. The Morgan fingerprint density at radius 3 is 2.76 bits per heavy atom. The van der Waals surface area contributed by atoms with Crippen molar-refractivity contribution in [3.63, 3.8) is 0 Å². The lowest BCUT2D eigenvalue weighted by atomic mass is 10.2. The number of nitrogens with zero attached hydrogens (tertiary/aromatic N) is 4. The molecule has 2 heterocycles. The van der Waals surface area contributed by atoms with E-state index in [1.54, 1.807) is 0 Å². The smallest absolute Gasteiger partial charge is 0.130 e. The van der Waals surface area contributed by atoms with E-state index < -0.39 is 0 Å². The molecule has 92 valence electrons. The molecule has 0 radical (unpaired) electrons. The van der Waals surface area contributed by atoms with E-state index in [4.69, 9.17) is 0 Å². The van der Waals surface area contributed by atoms with Crippen LogP contribution in [0.3, 0.4) is 0 Å². The Balaban J connectivity index is 2.18. The van der Waals surface area contributed by atoms with Gasteiger partial charge in [-0.3, -0.25) is 4.68 Å². The third-order valence-electron chi connectivity index (χ3n) is 2.86. The molecule has 0 aliphatic rings. The molecule has 0 saturated heterocycles. The summed E-state index contributed by atoms with van der Waals surface area (Å²) in [5.41, 5.74) is 2.18. The Hall–Kier alpha value is -1.78. The van der Waals surface area contributed by atoms with Crippen LogP contribution in [-0.2, 0) is 20.5 Å². The van der Waals surface area contributed by atoms with Gasteiger partial charge in [0, 0.05) is 32.7 Å². The van der Waals surface area contributed by atoms with E-state index in [2.05, 4.69) is 29.2 Å². The zero-order valence-corrected chi connectivity index (χ0v) is 10.8. The van der Waals surface area contributed by atoms with Crippen LogP contribution in [0, 0.1) is 0 Å². The van der Waals surface area contributed by atoms with Gasteiger partial charge in [-0.2, -0.15) is 5.10 Å². The second-order valence-corrected chi connectivity index (χ2v) is 4.28. The molecule has 2 aromatic rings. The van der Waals surface area contributed by atoms with Gasteiger partial charge < -0.3 is 9.88 Å². The van der Waals surface area contributed by atoms with Crippen LogP contribution in [0.15, 0.2) is 18.6 Å². The third-order valence-corrected chi connectivity index (χ3v) is 2.86. The second kappa shape index (κ2) is 4.61. The summed E-state index contributed by atoms with van der Waals surface area (Å²) in [7, 11) is 3.94. The van der Waals surface area contributed by atoms with Gasteiger partial charge in [-0.15, -0.1) is 0 Å². The van der Waals surface area contributed by atoms with Crippen LogP contribution in [0.2, 0.25) is 0 Å². The Morgan fingerprint density at radius 1 is 1.41 bits per heavy atom. The monoisotopic (exact) mass is 233 g/mol. The first-order valence-electron chi connectivity index (χ1n) is 5.88. The van der Waals surface area contributed by atoms with Crippen molar-refractivity contribution in [2.24, 2.45) is 14.1 Å². The van der Waals surface area contributed by atoms with Gasteiger partial charge in [0.1, 0.15) is 5.82 Å². The van der Waals surface area contributed by atoms with Gasteiger partial charge in [-0.05, 0) is 13.3 Å². The molecule has 0 saturated carbocycles. The van der Waals surface area contributed by atoms with E-state index in [-0.39, 0.29) is 6.04 Å². The molecule has 5 heteroatoms. The minimum Gasteiger partial charge on any atom is -0.373 e. The van der Waals surface area contributed by atoms with Gasteiger partial charge in [0.25, 0.3) is 0 Å². The van der Waals surface area contributed by atoms with E-state index in [9.17, 15) is 0 Å². The van der Waals surface area contributed by atoms with Gasteiger partial charge in [0.2, 0.25) is 0 Å². The lowest BCUT2D eigenvalue weighted by Gasteiger charge is -2.14. The maximum absolute atomic E-state index is 4.41. The fourth-order valence-corrected chi connectivity index (χ4v) is 2.01. The molecule has 0 bridgehead atoms. The summed E-state index contributed by atoms with van der Waals surface area (Å²) in [6, 6.07) is 0.171. The molecule has 1 unspecified atom stereocenters. The fourth-order valence-electron chi connectivity index (χ4n) is 2.01. The molecule has 0 aliphatic carbocycles. The van der Waals surface area contributed by atoms with Gasteiger partial charge in [0.05, 0.1) is 17.4 Å². The molecule has 0 aromatic carbocycles. The summed E-state index contributed by atoms with van der Waals surface area (Å²) < 4.78 is 3.87. The molecule has 0 spiro atoms. The number of aromatic nitrogens is 4. The quantitative estimate of drug-likeness (QED) is 0.877. The summed E-state index contributed by atoms with van der Waals surface area (Å²) in [4.78, 5) is 4.35. The van der Waals surface area contributed by atoms with E-state index in [1.165, 1.54) is 0 Å². The van der Waals surface area contributed by atoms with Crippen molar-refractivity contribution in [1.29, 1.82) is 0 Å². The first-order valence-corrected chi connectivity index (χ1v) is 5.88. The molecular formula is C12H19N5. The minimum absolute atomic E-state index is 0.171. The Morgan fingerprint density at radius 2 is 2.18 bits per heavy atom. The average Bonchev–Trinajstić information content (AvgIpc) is 2.84. The van der Waals surface area contributed by atoms with Crippen LogP contribution >= 0.6 is 0 Å². The average molecular weight is 233 g/mol. The van der Waals surface area contributed by atoms with Crippen molar-refractivity contribution < 1.29 is 0 Å². The predicted molar refractivity (Wildman–Crippen MR) is 67.8 cm³/mol. The molecule has 1 N–H and O–H groups in total. The Labute approximate surface area is 101 Å². The number of imidazole rings is 1. The highest BCUT2D eigenvalue weighted by molar-refractivity contribution is 5.47. The molecule has 2 rings (SSSR count). The largest absolute Gasteiger partial charge is 0.373 e. The summed E-state index contributed by atoms with van der Waals surface area (Å²) in [5, 5.41) is 7.87. The van der Waals surface area contributed by atoms with Crippen molar-refractivity contribution in [3.05, 3.63) is 30.1 Å². The zero-order valence-electron chi connectivity index (χ0n) is 10.8. The van der Waals surface area contributed by atoms with E-state index in [1.807, 2.05) is 41.9 Å². The first-order chi connectivity index (χ1) is 8.11. The highest BCUT2D eigenvalue weighted by atomic mass is 15.3. The summed E-state index contributed by atoms with van der Waals surface area (Å²) >= 11 is 0. The normalized spacial score (nSPS) is 12.7. The Kier molecular flexibility index (Phi) is 3.17. The minimum atomic E-state index is 0.171. The molecular weight excluding hydrogens is 214 g/mol. The number of rotatable bonds is 4. The number of aryl methyl sites for hydroxylation is 3. The molecule has 0 aliphatic heterocycles. The highest BCUT2D eigenvalue weighted by Crippen LogP contribution is 2.20. The van der Waals surface area contributed by atoms with Crippen molar-refractivity contribution in [3.8, 4) is 0 Å². The van der Waals surface area contributed by atoms with E-state index >= 15 is 0 Å². The topological polar surface area (TPSA) is 47.7 Å². The van der Waals surface area contributed by atoms with Crippen molar-refractivity contribution in [2.75, 3.05) is 5.32 Å². The van der Waals surface area contributed by atoms with Crippen molar-refractivity contribution in [2.45, 2.75) is 26.3 Å². The van der Waals surface area contributed by atoms with Crippen LogP contribution in [0.5, 0.6) is 0 Å². The van der Waals surface area contributed by atoms with Crippen molar-refractivity contribution >= 4 is 5.69 Å². The molecule has 2 aromatic heterocycles. The second-order valence-electron chi connectivity index (χ2n) is 4.28. The summed E-state index contributed by atoms with van der Waals surface area (Å²) in [6.45, 7) is 4.22. The standard InChI is InChI=1S/C12H19N5/c1-5-10-11(8-17(4)15-10)14-9(2)12-13-6-7-16(12)3/h6-9,14H,5H2,1-4H3. The molecule has 0 amide bonds. The van der Waals surface area contributed by atoms with Crippen molar-refractivity contribution in [1.82, 2.24) is 19.3 Å².